The fraction of sp³-hybridized carbons (Fsp3) is 0.462. The van der Waals surface area contributed by atoms with E-state index in [0.717, 1.165) is 36.1 Å². The zero-order valence-corrected chi connectivity index (χ0v) is 22.4. The smallest absolute Gasteiger partial charge is 0.341 e. The van der Waals surface area contributed by atoms with Crippen molar-refractivity contribution in [3.05, 3.63) is 45.8 Å². The number of benzene rings is 1. The number of ether oxygens (including phenoxy) is 2. The zero-order chi connectivity index (χ0) is 25.8. The van der Waals surface area contributed by atoms with Crippen LogP contribution in [-0.2, 0) is 22.4 Å². The Balaban J connectivity index is 1.80. The predicted octanol–water partition coefficient (Wildman–Crippen LogP) is 5.52. The molecular weight excluding hydrogens is 484 g/mol. The van der Waals surface area contributed by atoms with E-state index in [-0.39, 0.29) is 34.4 Å². The van der Waals surface area contributed by atoms with Crippen LogP contribution in [0.15, 0.2) is 24.3 Å². The second-order valence-electron chi connectivity index (χ2n) is 9.24. The first-order valence-electron chi connectivity index (χ1n) is 11.8. The lowest BCUT2D eigenvalue weighted by Crippen LogP contribution is -2.34. The number of nitrogens with one attached hydrogen (secondary N) is 2. The van der Waals surface area contributed by atoms with Crippen LogP contribution in [0, 0.1) is 11.3 Å². The molecule has 2 N–H and O–H groups in total. The highest BCUT2D eigenvalue weighted by Gasteiger charge is 2.35. The van der Waals surface area contributed by atoms with E-state index in [1.54, 1.807) is 25.1 Å². The van der Waals surface area contributed by atoms with Gasteiger partial charge in [-0.3, -0.25) is 14.9 Å². The van der Waals surface area contributed by atoms with Gasteiger partial charge in [-0.25, -0.2) is 4.79 Å². The molecule has 1 atom stereocenters. The first-order valence-corrected chi connectivity index (χ1v) is 13.0. The number of carbonyl (C=O) groups is 3. The topological polar surface area (TPSA) is 93.7 Å². The molecule has 1 aromatic heterocycles. The summed E-state index contributed by atoms with van der Waals surface area (Å²) in [4.78, 5) is 37.9. The fourth-order valence-corrected chi connectivity index (χ4v) is 5.80. The van der Waals surface area contributed by atoms with Crippen LogP contribution in [-0.4, -0.2) is 29.6 Å². The molecule has 1 heterocycles. The molecule has 188 valence electrons. The van der Waals surface area contributed by atoms with Crippen molar-refractivity contribution < 1.29 is 23.9 Å². The van der Waals surface area contributed by atoms with Crippen molar-refractivity contribution in [2.45, 2.75) is 60.3 Å². The van der Waals surface area contributed by atoms with Crippen molar-refractivity contribution in [3.63, 3.8) is 0 Å². The maximum absolute atomic E-state index is 12.9. The Labute approximate surface area is 215 Å². The van der Waals surface area contributed by atoms with Gasteiger partial charge in [0.25, 0.3) is 5.91 Å². The molecular formula is C26H32N2O5S2. The van der Waals surface area contributed by atoms with Gasteiger partial charge in [-0.2, -0.15) is 0 Å². The first kappa shape index (κ1) is 26.8. The normalized spacial score (nSPS) is 15.1. The number of carbonyl (C=O) groups excluding carboxylic acids is 3. The van der Waals surface area contributed by atoms with Crippen molar-refractivity contribution >= 4 is 51.5 Å². The molecule has 9 heteroatoms. The van der Waals surface area contributed by atoms with E-state index in [9.17, 15) is 14.4 Å². The summed E-state index contributed by atoms with van der Waals surface area (Å²) in [6, 6.07) is 6.25. The molecule has 0 saturated carbocycles. The van der Waals surface area contributed by atoms with E-state index in [1.807, 2.05) is 0 Å². The van der Waals surface area contributed by atoms with Crippen LogP contribution in [0.5, 0.6) is 5.75 Å². The Morgan fingerprint density at radius 1 is 1.23 bits per heavy atom. The second-order valence-corrected chi connectivity index (χ2v) is 10.8. The number of hydrogen-bond acceptors (Lipinski definition) is 7. The number of rotatable bonds is 7. The Bertz CT molecular complexity index is 1140. The number of anilines is 1. The maximum atomic E-state index is 12.9. The lowest BCUT2D eigenvalue weighted by Gasteiger charge is -2.36. The highest BCUT2D eigenvalue weighted by atomic mass is 32.1. The van der Waals surface area contributed by atoms with Gasteiger partial charge in [-0.05, 0) is 73.5 Å². The summed E-state index contributed by atoms with van der Waals surface area (Å²) in [6.45, 7) is 10.1. The third kappa shape index (κ3) is 6.46. The minimum absolute atomic E-state index is 0.0717. The molecule has 35 heavy (non-hydrogen) atoms. The van der Waals surface area contributed by atoms with E-state index in [2.05, 4.69) is 31.4 Å². The molecule has 0 spiro atoms. The molecule has 3 rings (SSSR count). The highest BCUT2D eigenvalue weighted by Crippen LogP contribution is 2.45. The van der Waals surface area contributed by atoms with Crippen LogP contribution < -0.4 is 15.4 Å². The van der Waals surface area contributed by atoms with Crippen molar-refractivity contribution in [3.8, 4) is 5.75 Å². The van der Waals surface area contributed by atoms with Crippen LogP contribution in [0.3, 0.4) is 0 Å². The minimum Gasteiger partial charge on any atom is -0.462 e. The van der Waals surface area contributed by atoms with Gasteiger partial charge in [-0.15, -0.1) is 11.3 Å². The molecule has 1 amide bonds. The van der Waals surface area contributed by atoms with Gasteiger partial charge in [0, 0.05) is 17.4 Å². The standard InChI is InChI=1S/C26H32N2O5S2/c1-6-26(4,5)17-11-12-19-20(14-17)35-23(21(19)24(31)32-7-2)28-25(34)27-22(30)16-9-8-10-18(13-16)33-15(3)29/h8-10,13,17H,6-7,11-12,14H2,1-5H3,(H2,27,28,30,34)/t17-/m1/s1. The number of thiocarbonyl (C=S) groups is 1. The Hall–Kier alpha value is -2.78. The third-order valence-corrected chi connectivity index (χ3v) is 7.95. The largest absolute Gasteiger partial charge is 0.462 e. The number of hydrogen-bond donors (Lipinski definition) is 2. The summed E-state index contributed by atoms with van der Waals surface area (Å²) < 4.78 is 10.4. The summed E-state index contributed by atoms with van der Waals surface area (Å²) in [5.41, 5.74) is 2.02. The SMILES string of the molecule is CCOC(=O)c1c(NC(=S)NC(=O)c2cccc(OC(C)=O)c2)sc2c1CC[C@@H](C(C)(C)CC)C2. The van der Waals surface area contributed by atoms with Crippen LogP contribution >= 0.6 is 23.6 Å². The number of amides is 1. The van der Waals surface area contributed by atoms with E-state index in [0.29, 0.717) is 16.5 Å². The van der Waals surface area contributed by atoms with Gasteiger partial charge in [-0.1, -0.05) is 33.3 Å². The van der Waals surface area contributed by atoms with Gasteiger partial charge in [0.05, 0.1) is 12.2 Å². The van der Waals surface area contributed by atoms with Crippen LogP contribution in [0.25, 0.3) is 0 Å². The summed E-state index contributed by atoms with van der Waals surface area (Å²) in [7, 11) is 0. The Morgan fingerprint density at radius 3 is 2.63 bits per heavy atom. The quantitative estimate of drug-likeness (QED) is 0.284. The zero-order valence-electron chi connectivity index (χ0n) is 20.8. The van der Waals surface area contributed by atoms with Crippen LogP contribution in [0.1, 0.15) is 78.6 Å². The number of thiophene rings is 1. The molecule has 1 aliphatic carbocycles. The summed E-state index contributed by atoms with van der Waals surface area (Å²) in [6.07, 6.45) is 3.80. The molecule has 7 nitrogen and oxygen atoms in total. The number of fused-ring (bicyclic) bond motifs is 1. The maximum Gasteiger partial charge on any atom is 0.341 e. The summed E-state index contributed by atoms with van der Waals surface area (Å²) in [5, 5.41) is 6.35. The molecule has 0 saturated heterocycles. The lowest BCUT2D eigenvalue weighted by molar-refractivity contribution is -0.131. The van der Waals surface area contributed by atoms with Crippen LogP contribution in [0.2, 0.25) is 0 Å². The van der Waals surface area contributed by atoms with Gasteiger partial charge in [0.15, 0.2) is 5.11 Å². The van der Waals surface area contributed by atoms with Crippen molar-refractivity contribution in [1.82, 2.24) is 5.32 Å². The molecule has 1 aliphatic rings. The lowest BCUT2D eigenvalue weighted by atomic mass is 9.69. The molecule has 2 aromatic rings. The molecule has 0 radical (unpaired) electrons. The van der Waals surface area contributed by atoms with Crippen molar-refractivity contribution in [1.29, 1.82) is 0 Å². The van der Waals surface area contributed by atoms with E-state index in [4.69, 9.17) is 21.7 Å². The fourth-order valence-electron chi connectivity index (χ4n) is 4.23. The Morgan fingerprint density at radius 2 is 1.97 bits per heavy atom. The van der Waals surface area contributed by atoms with Crippen molar-refractivity contribution in [2.24, 2.45) is 11.3 Å². The van der Waals surface area contributed by atoms with Gasteiger partial charge in [0.1, 0.15) is 10.8 Å². The van der Waals surface area contributed by atoms with E-state index >= 15 is 0 Å². The molecule has 0 aliphatic heterocycles. The van der Waals surface area contributed by atoms with Crippen LogP contribution in [0.4, 0.5) is 5.00 Å². The monoisotopic (exact) mass is 516 g/mol. The predicted molar refractivity (Wildman–Crippen MR) is 141 cm³/mol. The average Bonchev–Trinajstić information content (AvgIpc) is 3.15. The average molecular weight is 517 g/mol. The molecule has 0 fully saturated rings. The summed E-state index contributed by atoms with van der Waals surface area (Å²) in [5.74, 6) is -0.525. The van der Waals surface area contributed by atoms with Crippen molar-refractivity contribution in [2.75, 3.05) is 11.9 Å². The molecule has 0 unspecified atom stereocenters. The Kier molecular flexibility index (Phi) is 8.66. The highest BCUT2D eigenvalue weighted by molar-refractivity contribution is 7.80. The first-order chi connectivity index (χ1) is 16.6. The number of esters is 2. The van der Waals surface area contributed by atoms with E-state index < -0.39 is 11.9 Å². The van der Waals surface area contributed by atoms with Gasteiger partial charge < -0.3 is 14.8 Å². The van der Waals surface area contributed by atoms with Gasteiger partial charge in [0.2, 0.25) is 0 Å². The second kappa shape index (κ2) is 11.3. The minimum atomic E-state index is -0.475. The van der Waals surface area contributed by atoms with E-state index in [1.165, 1.54) is 24.3 Å². The van der Waals surface area contributed by atoms with Gasteiger partial charge >= 0.3 is 11.9 Å². The molecule has 1 aromatic carbocycles. The summed E-state index contributed by atoms with van der Waals surface area (Å²) >= 11 is 6.89. The molecule has 0 bridgehead atoms. The third-order valence-electron chi connectivity index (χ3n) is 6.57.